The van der Waals surface area contributed by atoms with Crippen molar-refractivity contribution in [2.75, 3.05) is 0 Å². The SMILES string of the molecule is O=C(N[C@@H](Cc1ccccc1I)C(=O)O)c1ccccc1Cl. The smallest absolute Gasteiger partial charge is 0.326 e. The molecule has 4 nitrogen and oxygen atoms in total. The molecule has 0 heterocycles. The lowest BCUT2D eigenvalue weighted by Crippen LogP contribution is -2.42. The van der Waals surface area contributed by atoms with E-state index in [2.05, 4.69) is 27.9 Å². The average Bonchev–Trinajstić information content (AvgIpc) is 2.49. The lowest BCUT2D eigenvalue weighted by Gasteiger charge is -2.16. The molecular weight excluding hydrogens is 417 g/mol. The van der Waals surface area contributed by atoms with Crippen molar-refractivity contribution >= 4 is 46.1 Å². The summed E-state index contributed by atoms with van der Waals surface area (Å²) in [6.45, 7) is 0. The molecule has 0 fully saturated rings. The number of benzene rings is 2. The molecule has 2 N–H and O–H groups in total. The summed E-state index contributed by atoms with van der Waals surface area (Å²) in [5.41, 5.74) is 1.13. The van der Waals surface area contributed by atoms with E-state index in [1.807, 2.05) is 24.3 Å². The predicted molar refractivity (Wildman–Crippen MR) is 93.2 cm³/mol. The minimum absolute atomic E-state index is 0.213. The van der Waals surface area contributed by atoms with E-state index in [-0.39, 0.29) is 12.0 Å². The second-order valence-electron chi connectivity index (χ2n) is 4.64. The van der Waals surface area contributed by atoms with E-state index in [1.165, 1.54) is 0 Å². The van der Waals surface area contributed by atoms with Crippen LogP contribution in [0.15, 0.2) is 48.5 Å². The summed E-state index contributed by atoms with van der Waals surface area (Å²) in [6, 6.07) is 13.0. The number of halogens is 2. The Balaban J connectivity index is 2.16. The third kappa shape index (κ3) is 4.20. The van der Waals surface area contributed by atoms with Gasteiger partial charge in [0.2, 0.25) is 0 Å². The monoisotopic (exact) mass is 429 g/mol. The van der Waals surface area contributed by atoms with Gasteiger partial charge in [-0.05, 0) is 46.4 Å². The maximum absolute atomic E-state index is 12.2. The van der Waals surface area contributed by atoms with E-state index >= 15 is 0 Å². The molecule has 0 aromatic heterocycles. The Morgan fingerprint density at radius 1 is 1.14 bits per heavy atom. The van der Waals surface area contributed by atoms with E-state index in [9.17, 15) is 14.7 Å². The lowest BCUT2D eigenvalue weighted by atomic mass is 10.1. The van der Waals surface area contributed by atoms with Crippen LogP contribution in [0.25, 0.3) is 0 Å². The second-order valence-corrected chi connectivity index (χ2v) is 6.21. The first-order valence-corrected chi connectivity index (χ1v) is 7.96. The van der Waals surface area contributed by atoms with Gasteiger partial charge in [0.05, 0.1) is 10.6 Å². The number of rotatable bonds is 5. The Bertz CT molecular complexity index is 705. The number of carboxylic acid groups (broad SMARTS) is 1. The van der Waals surface area contributed by atoms with E-state index in [0.29, 0.717) is 5.02 Å². The normalized spacial score (nSPS) is 11.7. The van der Waals surface area contributed by atoms with E-state index in [1.54, 1.807) is 24.3 Å². The highest BCUT2D eigenvalue weighted by Crippen LogP contribution is 2.16. The van der Waals surface area contributed by atoms with Crippen molar-refractivity contribution in [3.05, 3.63) is 68.3 Å². The molecule has 2 aromatic rings. The quantitative estimate of drug-likeness (QED) is 0.716. The highest BCUT2D eigenvalue weighted by Gasteiger charge is 2.22. The summed E-state index contributed by atoms with van der Waals surface area (Å²) in [5.74, 6) is -1.58. The van der Waals surface area contributed by atoms with Crippen LogP contribution in [0.2, 0.25) is 5.02 Å². The number of amides is 1. The molecule has 2 rings (SSSR count). The molecule has 0 bridgehead atoms. The van der Waals surface area contributed by atoms with Gasteiger partial charge in [-0.25, -0.2) is 4.79 Å². The first-order chi connectivity index (χ1) is 10.5. The van der Waals surface area contributed by atoms with Gasteiger partial charge in [-0.1, -0.05) is 41.9 Å². The van der Waals surface area contributed by atoms with Gasteiger partial charge >= 0.3 is 5.97 Å². The van der Waals surface area contributed by atoms with Gasteiger partial charge < -0.3 is 10.4 Å². The first-order valence-electron chi connectivity index (χ1n) is 6.50. The van der Waals surface area contributed by atoms with Gasteiger partial charge in [-0.3, -0.25) is 4.79 Å². The number of carboxylic acids is 1. The highest BCUT2D eigenvalue weighted by atomic mass is 127. The molecule has 6 heteroatoms. The summed E-state index contributed by atoms with van der Waals surface area (Å²) in [5, 5.41) is 12.2. The number of aliphatic carboxylic acids is 1. The van der Waals surface area contributed by atoms with Crippen LogP contribution in [-0.4, -0.2) is 23.0 Å². The van der Waals surface area contributed by atoms with Crippen LogP contribution in [0.3, 0.4) is 0 Å². The summed E-state index contributed by atoms with van der Waals surface area (Å²) in [6.07, 6.45) is 0.213. The zero-order valence-electron chi connectivity index (χ0n) is 11.4. The second kappa shape index (κ2) is 7.60. The molecule has 0 unspecified atom stereocenters. The van der Waals surface area contributed by atoms with Crippen molar-refractivity contribution in [3.8, 4) is 0 Å². The van der Waals surface area contributed by atoms with Gasteiger partial charge in [0.1, 0.15) is 6.04 Å². The molecule has 0 aliphatic rings. The first kappa shape index (κ1) is 16.8. The third-order valence-electron chi connectivity index (χ3n) is 3.10. The van der Waals surface area contributed by atoms with Crippen molar-refractivity contribution < 1.29 is 14.7 Å². The van der Waals surface area contributed by atoms with Gasteiger partial charge in [0, 0.05) is 9.99 Å². The fourth-order valence-corrected chi connectivity index (χ4v) is 2.79. The molecule has 1 atom stereocenters. The largest absolute Gasteiger partial charge is 0.480 e. The molecule has 0 aliphatic heterocycles. The average molecular weight is 430 g/mol. The molecular formula is C16H13ClINO3. The number of nitrogens with one attached hydrogen (secondary N) is 1. The van der Waals surface area contributed by atoms with Crippen LogP contribution in [0, 0.1) is 3.57 Å². The topological polar surface area (TPSA) is 66.4 Å². The van der Waals surface area contributed by atoms with Crippen molar-refractivity contribution in [2.45, 2.75) is 12.5 Å². The summed E-state index contributed by atoms with van der Waals surface area (Å²) < 4.78 is 0.957. The van der Waals surface area contributed by atoms with E-state index in [0.717, 1.165) is 9.13 Å². The van der Waals surface area contributed by atoms with Crippen LogP contribution in [0.1, 0.15) is 15.9 Å². The third-order valence-corrected chi connectivity index (χ3v) is 4.49. The Labute approximate surface area is 146 Å². The van der Waals surface area contributed by atoms with Crippen molar-refractivity contribution in [2.24, 2.45) is 0 Å². The number of carbonyl (C=O) groups is 2. The fourth-order valence-electron chi connectivity index (χ4n) is 1.97. The van der Waals surface area contributed by atoms with Crippen LogP contribution < -0.4 is 5.32 Å². The molecule has 0 saturated heterocycles. The van der Waals surface area contributed by atoms with Gasteiger partial charge in [0.25, 0.3) is 5.91 Å². The summed E-state index contributed by atoms with van der Waals surface area (Å²) in [7, 11) is 0. The van der Waals surface area contributed by atoms with Crippen LogP contribution in [0.4, 0.5) is 0 Å². The van der Waals surface area contributed by atoms with Crippen molar-refractivity contribution in [3.63, 3.8) is 0 Å². The fraction of sp³-hybridized carbons (Fsp3) is 0.125. The van der Waals surface area contributed by atoms with Crippen LogP contribution >= 0.6 is 34.2 Å². The van der Waals surface area contributed by atoms with E-state index in [4.69, 9.17) is 11.6 Å². The zero-order chi connectivity index (χ0) is 16.1. The minimum Gasteiger partial charge on any atom is -0.480 e. The number of hydrogen-bond donors (Lipinski definition) is 2. The molecule has 0 spiro atoms. The summed E-state index contributed by atoms with van der Waals surface area (Å²) >= 11 is 8.10. The van der Waals surface area contributed by atoms with Gasteiger partial charge in [-0.2, -0.15) is 0 Å². The number of carbonyl (C=O) groups excluding carboxylic acids is 1. The number of hydrogen-bond acceptors (Lipinski definition) is 2. The molecule has 0 aliphatic carbocycles. The van der Waals surface area contributed by atoms with Gasteiger partial charge in [0.15, 0.2) is 0 Å². The predicted octanol–water partition coefficient (Wildman–Crippen LogP) is 3.37. The standard InChI is InChI=1S/C16H13ClINO3/c17-12-7-3-2-6-11(12)15(20)19-14(16(21)22)9-10-5-1-4-8-13(10)18/h1-8,14H,9H2,(H,19,20)(H,21,22)/t14-/m0/s1. The van der Waals surface area contributed by atoms with Crippen molar-refractivity contribution in [1.29, 1.82) is 0 Å². The molecule has 114 valence electrons. The Kier molecular flexibility index (Phi) is 5.79. The molecule has 1 amide bonds. The maximum atomic E-state index is 12.2. The molecule has 0 saturated carbocycles. The Morgan fingerprint density at radius 3 is 2.41 bits per heavy atom. The maximum Gasteiger partial charge on any atom is 0.326 e. The van der Waals surface area contributed by atoms with Crippen LogP contribution in [0.5, 0.6) is 0 Å². The molecule has 0 radical (unpaired) electrons. The minimum atomic E-state index is -1.08. The zero-order valence-corrected chi connectivity index (χ0v) is 14.3. The summed E-state index contributed by atoms with van der Waals surface area (Å²) in [4.78, 5) is 23.6. The van der Waals surface area contributed by atoms with Crippen molar-refractivity contribution in [1.82, 2.24) is 5.32 Å². The lowest BCUT2D eigenvalue weighted by molar-refractivity contribution is -0.139. The highest BCUT2D eigenvalue weighted by molar-refractivity contribution is 14.1. The molecule has 2 aromatic carbocycles. The Hall–Kier alpha value is -1.60. The van der Waals surface area contributed by atoms with Gasteiger partial charge in [-0.15, -0.1) is 0 Å². The van der Waals surface area contributed by atoms with Crippen LogP contribution in [-0.2, 0) is 11.2 Å². The van der Waals surface area contributed by atoms with E-state index < -0.39 is 17.9 Å². The Morgan fingerprint density at radius 2 is 1.77 bits per heavy atom. The molecule has 22 heavy (non-hydrogen) atoms.